The van der Waals surface area contributed by atoms with E-state index >= 15 is 0 Å². The van der Waals surface area contributed by atoms with Crippen molar-refractivity contribution in [2.75, 3.05) is 31.5 Å². The van der Waals surface area contributed by atoms with E-state index in [-0.39, 0.29) is 33.9 Å². The van der Waals surface area contributed by atoms with Crippen molar-refractivity contribution in [2.24, 2.45) is 0 Å². The van der Waals surface area contributed by atoms with Crippen LogP contribution in [0.3, 0.4) is 0 Å². The number of rotatable bonds is 5. The standard InChI is InChI=1S/C20H22Cl2FN3O3S/c1-13-6-7-15(23)12-18(13)24-20(27)14(2)25-8-10-26(11-9-25)30(28,29)19-16(21)4-3-5-17(19)22/h3-7,12,14H,8-11H2,1-2H3,(H,24,27). The van der Waals surface area contributed by atoms with E-state index in [0.29, 0.717) is 18.8 Å². The van der Waals surface area contributed by atoms with Crippen molar-refractivity contribution in [3.05, 3.63) is 57.8 Å². The number of aryl methyl sites for hydroxylation is 1. The van der Waals surface area contributed by atoms with Gasteiger partial charge in [0.05, 0.1) is 16.1 Å². The van der Waals surface area contributed by atoms with Crippen LogP contribution >= 0.6 is 23.2 Å². The summed E-state index contributed by atoms with van der Waals surface area (Å²) in [6.45, 7) is 4.62. The second kappa shape index (κ2) is 9.20. The number of carbonyl (C=O) groups excluding carboxylic acids is 1. The Morgan fingerprint density at radius 1 is 1.10 bits per heavy atom. The number of benzene rings is 2. The molecule has 2 aromatic carbocycles. The molecule has 1 aliphatic heterocycles. The molecular formula is C20H22Cl2FN3O3S. The first-order valence-electron chi connectivity index (χ1n) is 9.36. The van der Waals surface area contributed by atoms with E-state index in [1.165, 1.54) is 28.6 Å². The van der Waals surface area contributed by atoms with Crippen LogP contribution in [-0.2, 0) is 14.8 Å². The van der Waals surface area contributed by atoms with E-state index in [2.05, 4.69) is 5.32 Å². The van der Waals surface area contributed by atoms with Gasteiger partial charge in [-0.05, 0) is 43.7 Å². The third-order valence-electron chi connectivity index (χ3n) is 5.17. The van der Waals surface area contributed by atoms with Gasteiger partial charge in [0.15, 0.2) is 0 Å². The average molecular weight is 474 g/mol. The molecule has 0 radical (unpaired) electrons. The minimum absolute atomic E-state index is 0.0724. The van der Waals surface area contributed by atoms with Crippen molar-refractivity contribution in [1.82, 2.24) is 9.21 Å². The molecule has 0 spiro atoms. The predicted octanol–water partition coefficient (Wildman–Crippen LogP) is 3.77. The smallest absolute Gasteiger partial charge is 0.246 e. The highest BCUT2D eigenvalue weighted by atomic mass is 35.5. The Morgan fingerprint density at radius 2 is 1.70 bits per heavy atom. The highest BCUT2D eigenvalue weighted by Gasteiger charge is 2.34. The molecule has 162 valence electrons. The van der Waals surface area contributed by atoms with Gasteiger partial charge in [0, 0.05) is 31.9 Å². The first kappa shape index (κ1) is 23.0. The number of sulfonamides is 1. The maximum Gasteiger partial charge on any atom is 0.246 e. The largest absolute Gasteiger partial charge is 0.324 e. The highest BCUT2D eigenvalue weighted by molar-refractivity contribution is 7.89. The summed E-state index contributed by atoms with van der Waals surface area (Å²) >= 11 is 12.1. The zero-order valence-electron chi connectivity index (χ0n) is 16.5. The summed E-state index contributed by atoms with van der Waals surface area (Å²) in [6, 6.07) is 8.24. The topological polar surface area (TPSA) is 69.7 Å². The van der Waals surface area contributed by atoms with E-state index in [4.69, 9.17) is 23.2 Å². The second-order valence-electron chi connectivity index (χ2n) is 7.12. The fourth-order valence-electron chi connectivity index (χ4n) is 3.32. The average Bonchev–Trinajstić information content (AvgIpc) is 2.70. The summed E-state index contributed by atoms with van der Waals surface area (Å²) in [5, 5.41) is 2.89. The van der Waals surface area contributed by atoms with Crippen LogP contribution in [0, 0.1) is 12.7 Å². The van der Waals surface area contributed by atoms with Crippen LogP contribution in [0.25, 0.3) is 0 Å². The highest BCUT2D eigenvalue weighted by Crippen LogP contribution is 2.32. The predicted molar refractivity (Wildman–Crippen MR) is 116 cm³/mol. The van der Waals surface area contributed by atoms with Crippen molar-refractivity contribution in [1.29, 1.82) is 0 Å². The van der Waals surface area contributed by atoms with Crippen LogP contribution in [0.2, 0.25) is 10.0 Å². The number of amides is 1. The molecule has 1 saturated heterocycles. The molecule has 1 N–H and O–H groups in total. The molecule has 1 aliphatic rings. The van der Waals surface area contributed by atoms with Crippen LogP contribution in [0.1, 0.15) is 12.5 Å². The molecule has 3 rings (SSSR count). The fraction of sp³-hybridized carbons (Fsp3) is 0.350. The van der Waals surface area contributed by atoms with E-state index in [1.54, 1.807) is 26.0 Å². The van der Waals surface area contributed by atoms with Gasteiger partial charge in [0.1, 0.15) is 10.7 Å². The van der Waals surface area contributed by atoms with E-state index < -0.39 is 21.9 Å². The van der Waals surface area contributed by atoms with Gasteiger partial charge in [-0.1, -0.05) is 35.3 Å². The van der Waals surface area contributed by atoms with E-state index in [9.17, 15) is 17.6 Å². The summed E-state index contributed by atoms with van der Waals surface area (Å²) in [5.41, 5.74) is 1.17. The van der Waals surface area contributed by atoms with Gasteiger partial charge in [0.2, 0.25) is 15.9 Å². The van der Waals surface area contributed by atoms with Crippen LogP contribution in [-0.4, -0.2) is 55.8 Å². The lowest BCUT2D eigenvalue weighted by Gasteiger charge is -2.37. The number of nitrogens with one attached hydrogen (secondary N) is 1. The van der Waals surface area contributed by atoms with Gasteiger partial charge >= 0.3 is 0 Å². The maximum absolute atomic E-state index is 13.5. The van der Waals surface area contributed by atoms with Gasteiger partial charge in [-0.15, -0.1) is 0 Å². The Morgan fingerprint density at radius 3 is 2.30 bits per heavy atom. The molecule has 0 bridgehead atoms. The molecule has 1 unspecified atom stereocenters. The summed E-state index contributed by atoms with van der Waals surface area (Å²) in [7, 11) is -3.85. The van der Waals surface area contributed by atoms with Crippen molar-refractivity contribution < 1.29 is 17.6 Å². The number of carbonyl (C=O) groups is 1. The van der Waals surface area contributed by atoms with E-state index in [0.717, 1.165) is 5.56 Å². The monoisotopic (exact) mass is 473 g/mol. The van der Waals surface area contributed by atoms with Gasteiger partial charge < -0.3 is 5.32 Å². The zero-order valence-corrected chi connectivity index (χ0v) is 18.9. The van der Waals surface area contributed by atoms with Crippen LogP contribution in [0.5, 0.6) is 0 Å². The van der Waals surface area contributed by atoms with Crippen molar-refractivity contribution >= 4 is 44.8 Å². The van der Waals surface area contributed by atoms with Crippen molar-refractivity contribution in [2.45, 2.75) is 24.8 Å². The molecular weight excluding hydrogens is 452 g/mol. The number of hydrogen-bond donors (Lipinski definition) is 1. The van der Waals surface area contributed by atoms with E-state index in [1.807, 2.05) is 4.90 Å². The molecule has 0 aliphatic carbocycles. The maximum atomic E-state index is 13.5. The Bertz CT molecular complexity index is 1040. The van der Waals surface area contributed by atoms with Gasteiger partial charge in [-0.2, -0.15) is 4.31 Å². The van der Waals surface area contributed by atoms with Crippen LogP contribution in [0.4, 0.5) is 10.1 Å². The second-order valence-corrected chi connectivity index (χ2v) is 9.80. The number of hydrogen-bond acceptors (Lipinski definition) is 4. The Balaban J connectivity index is 1.66. The molecule has 0 saturated carbocycles. The van der Waals surface area contributed by atoms with Crippen LogP contribution < -0.4 is 5.32 Å². The first-order valence-corrected chi connectivity index (χ1v) is 11.6. The minimum Gasteiger partial charge on any atom is -0.324 e. The number of halogens is 3. The summed E-state index contributed by atoms with van der Waals surface area (Å²) < 4.78 is 40.7. The normalized spacial score (nSPS) is 17.0. The number of nitrogens with zero attached hydrogens (tertiary/aromatic N) is 2. The molecule has 1 amide bonds. The first-order chi connectivity index (χ1) is 14.1. The van der Waals surface area contributed by atoms with Crippen molar-refractivity contribution in [3.8, 4) is 0 Å². The molecule has 1 heterocycles. The summed E-state index contributed by atoms with van der Waals surface area (Å²) in [4.78, 5) is 14.4. The lowest BCUT2D eigenvalue weighted by atomic mass is 10.1. The van der Waals surface area contributed by atoms with Gasteiger partial charge in [-0.25, -0.2) is 12.8 Å². The quantitative estimate of drug-likeness (QED) is 0.717. The molecule has 1 fully saturated rings. The summed E-state index contributed by atoms with van der Waals surface area (Å²) in [6.07, 6.45) is 0. The Kier molecular flexibility index (Phi) is 7.04. The molecule has 10 heteroatoms. The van der Waals surface area contributed by atoms with Crippen molar-refractivity contribution in [3.63, 3.8) is 0 Å². The molecule has 30 heavy (non-hydrogen) atoms. The van der Waals surface area contributed by atoms with Gasteiger partial charge in [0.25, 0.3) is 0 Å². The Hall–Kier alpha value is -1.71. The Labute approximate surface area is 185 Å². The summed E-state index contributed by atoms with van der Waals surface area (Å²) in [5.74, 6) is -0.713. The number of anilines is 1. The molecule has 0 aromatic heterocycles. The number of piperazine rings is 1. The van der Waals surface area contributed by atoms with Crippen LogP contribution in [0.15, 0.2) is 41.3 Å². The molecule has 1 atom stereocenters. The molecule has 6 nitrogen and oxygen atoms in total. The SMILES string of the molecule is Cc1ccc(F)cc1NC(=O)C(C)N1CCN(S(=O)(=O)c2c(Cl)cccc2Cl)CC1. The van der Waals surface area contributed by atoms with Gasteiger partial charge in [-0.3, -0.25) is 9.69 Å². The third kappa shape index (κ3) is 4.78. The zero-order chi connectivity index (χ0) is 22.1. The lowest BCUT2D eigenvalue weighted by molar-refractivity contribution is -0.121. The fourth-order valence-corrected chi connectivity index (χ4v) is 5.83. The third-order valence-corrected chi connectivity index (χ3v) is 8.03. The minimum atomic E-state index is -3.85. The molecule has 2 aromatic rings. The lowest BCUT2D eigenvalue weighted by Crippen LogP contribution is -2.54.